The van der Waals surface area contributed by atoms with Crippen molar-refractivity contribution < 1.29 is 5.32 Å². The van der Waals surface area contributed by atoms with Crippen molar-refractivity contribution in [3.63, 3.8) is 0 Å². The molecule has 0 aliphatic carbocycles. The summed E-state index contributed by atoms with van der Waals surface area (Å²) in [4.78, 5) is 8.63. The van der Waals surface area contributed by atoms with Gasteiger partial charge in [0, 0.05) is 25.2 Å². The van der Waals surface area contributed by atoms with Crippen LogP contribution in [0.3, 0.4) is 0 Å². The largest absolute Gasteiger partial charge is 0.337 e. The van der Waals surface area contributed by atoms with E-state index in [0.29, 0.717) is 11.2 Å². The molecule has 0 aromatic carbocycles. The number of hydrogen-bond donors (Lipinski definition) is 1. The highest BCUT2D eigenvalue weighted by Gasteiger charge is 2.26. The Morgan fingerprint density at radius 3 is 3.19 bits per heavy atom. The molecule has 1 atom stereocenters. The molecular formula is C10H11BrClN4+. The molecule has 0 bridgehead atoms. The van der Waals surface area contributed by atoms with Crippen molar-refractivity contribution in [2.45, 2.75) is 18.9 Å². The van der Waals surface area contributed by atoms with E-state index in [9.17, 15) is 0 Å². The highest BCUT2D eigenvalue weighted by molar-refractivity contribution is 9.10. The van der Waals surface area contributed by atoms with E-state index in [1.165, 1.54) is 19.4 Å². The second kappa shape index (κ2) is 3.98. The summed E-state index contributed by atoms with van der Waals surface area (Å²) in [5.74, 6) is 1.06. The molecule has 2 aromatic rings. The van der Waals surface area contributed by atoms with Gasteiger partial charge in [0.15, 0.2) is 11.0 Å². The highest BCUT2D eigenvalue weighted by atomic mass is 79.9. The lowest BCUT2D eigenvalue weighted by atomic mass is 10.2. The third kappa shape index (κ3) is 1.54. The van der Waals surface area contributed by atoms with E-state index in [4.69, 9.17) is 11.6 Å². The average molecular weight is 303 g/mol. The predicted molar refractivity (Wildman–Crippen MR) is 64.5 cm³/mol. The molecule has 3 heterocycles. The van der Waals surface area contributed by atoms with Crippen LogP contribution in [0.5, 0.6) is 0 Å². The lowest BCUT2D eigenvalue weighted by molar-refractivity contribution is -0.677. The monoisotopic (exact) mass is 301 g/mol. The van der Waals surface area contributed by atoms with Gasteiger partial charge in [0.05, 0.1) is 6.54 Å². The number of aromatic nitrogens is 3. The smallest absolute Gasteiger partial charge is 0.173 e. The fraction of sp³-hybridized carbons (Fsp3) is 0.400. The van der Waals surface area contributed by atoms with Crippen LogP contribution in [0.15, 0.2) is 17.0 Å². The van der Waals surface area contributed by atoms with Crippen LogP contribution in [0.4, 0.5) is 0 Å². The molecule has 16 heavy (non-hydrogen) atoms. The molecule has 0 spiro atoms. The number of hydrogen-bond acceptors (Lipinski definition) is 2. The second-order valence-corrected chi connectivity index (χ2v) is 5.08. The fourth-order valence-electron chi connectivity index (χ4n) is 2.25. The van der Waals surface area contributed by atoms with Crippen molar-refractivity contribution in [2.24, 2.45) is 0 Å². The summed E-state index contributed by atoms with van der Waals surface area (Å²) in [6, 6.07) is 0.442. The molecule has 0 saturated carbocycles. The zero-order valence-corrected chi connectivity index (χ0v) is 10.9. The number of fused-ring (bicyclic) bond motifs is 1. The Labute approximate surface area is 106 Å². The van der Waals surface area contributed by atoms with E-state index in [1.54, 1.807) is 6.20 Å². The first-order chi connectivity index (χ1) is 7.77. The first kappa shape index (κ1) is 10.5. The summed E-state index contributed by atoms with van der Waals surface area (Å²) in [6.45, 7) is 1.18. The molecule has 2 aromatic heterocycles. The summed E-state index contributed by atoms with van der Waals surface area (Å²) in [7, 11) is 0. The molecule has 1 saturated heterocycles. The minimum Gasteiger partial charge on any atom is -0.337 e. The molecular weight excluding hydrogens is 291 g/mol. The van der Waals surface area contributed by atoms with E-state index >= 15 is 0 Å². The van der Waals surface area contributed by atoms with Crippen LogP contribution < -0.4 is 5.32 Å². The summed E-state index contributed by atoms with van der Waals surface area (Å²) in [5.41, 5.74) is 0.861. The van der Waals surface area contributed by atoms with Gasteiger partial charge in [0.25, 0.3) is 0 Å². The van der Waals surface area contributed by atoms with Gasteiger partial charge in [0.2, 0.25) is 0 Å². The van der Waals surface area contributed by atoms with Crippen LogP contribution in [-0.4, -0.2) is 20.9 Å². The van der Waals surface area contributed by atoms with Crippen LogP contribution >= 0.6 is 27.5 Å². The van der Waals surface area contributed by atoms with Crippen molar-refractivity contribution >= 4 is 33.0 Å². The van der Waals surface area contributed by atoms with Gasteiger partial charge in [-0.3, -0.25) is 4.40 Å². The van der Waals surface area contributed by atoms with E-state index in [2.05, 4.69) is 31.2 Å². The normalized spacial score (nSPS) is 20.8. The lowest BCUT2D eigenvalue weighted by Crippen LogP contribution is -2.82. The van der Waals surface area contributed by atoms with Crippen LogP contribution in [0.1, 0.15) is 24.7 Å². The second-order valence-electron chi connectivity index (χ2n) is 3.97. The minimum absolute atomic E-state index is 0.442. The van der Waals surface area contributed by atoms with Gasteiger partial charge in [-0.25, -0.2) is 9.97 Å². The van der Waals surface area contributed by atoms with Crippen molar-refractivity contribution in [1.29, 1.82) is 0 Å². The van der Waals surface area contributed by atoms with Gasteiger partial charge < -0.3 is 5.32 Å². The Morgan fingerprint density at radius 2 is 2.44 bits per heavy atom. The Balaban J connectivity index is 2.22. The summed E-state index contributed by atoms with van der Waals surface area (Å²) in [6.07, 6.45) is 6.05. The van der Waals surface area contributed by atoms with Gasteiger partial charge in [-0.2, -0.15) is 0 Å². The van der Waals surface area contributed by atoms with Crippen LogP contribution in [0.25, 0.3) is 5.52 Å². The average Bonchev–Trinajstić information content (AvgIpc) is 2.86. The molecule has 1 aliphatic heterocycles. The third-order valence-corrected chi connectivity index (χ3v) is 3.83. The Hall–Kier alpha value is -0.650. The van der Waals surface area contributed by atoms with Crippen molar-refractivity contribution in [3.05, 3.63) is 28.0 Å². The molecule has 6 heteroatoms. The zero-order chi connectivity index (χ0) is 11.1. The van der Waals surface area contributed by atoms with Gasteiger partial charge in [-0.1, -0.05) is 11.6 Å². The lowest BCUT2D eigenvalue weighted by Gasteiger charge is -2.05. The van der Waals surface area contributed by atoms with Gasteiger partial charge >= 0.3 is 0 Å². The SMILES string of the molecule is Clc1nccn2c([C@@H]3CCC[NH2+]3)nc(Br)c12. The van der Waals surface area contributed by atoms with Crippen LogP contribution in [0, 0.1) is 0 Å². The molecule has 0 amide bonds. The first-order valence-corrected chi connectivity index (χ1v) is 6.46. The molecule has 1 fully saturated rings. The molecule has 84 valence electrons. The summed E-state index contributed by atoms with van der Waals surface area (Å²) in [5, 5.41) is 2.82. The molecule has 4 nitrogen and oxygen atoms in total. The van der Waals surface area contributed by atoms with E-state index in [0.717, 1.165) is 15.9 Å². The molecule has 1 aliphatic rings. The first-order valence-electron chi connectivity index (χ1n) is 5.28. The maximum absolute atomic E-state index is 6.07. The van der Waals surface area contributed by atoms with E-state index in [1.807, 2.05) is 10.6 Å². The number of imidazole rings is 1. The van der Waals surface area contributed by atoms with Gasteiger partial charge in [-0.05, 0) is 15.9 Å². The topological polar surface area (TPSA) is 46.8 Å². The fourth-order valence-corrected chi connectivity index (χ4v) is 3.17. The number of halogens is 2. The maximum Gasteiger partial charge on any atom is 0.173 e. The molecule has 0 radical (unpaired) electrons. The summed E-state index contributed by atoms with van der Waals surface area (Å²) >= 11 is 9.52. The summed E-state index contributed by atoms with van der Waals surface area (Å²) < 4.78 is 2.81. The van der Waals surface area contributed by atoms with Crippen LogP contribution in [0.2, 0.25) is 5.15 Å². The zero-order valence-electron chi connectivity index (χ0n) is 8.53. The maximum atomic E-state index is 6.07. The molecule has 2 N–H and O–H groups in total. The van der Waals surface area contributed by atoms with Crippen LogP contribution in [-0.2, 0) is 0 Å². The predicted octanol–water partition coefficient (Wildman–Crippen LogP) is 1.54. The number of quaternary nitrogens is 1. The van der Waals surface area contributed by atoms with Crippen molar-refractivity contribution in [3.8, 4) is 0 Å². The van der Waals surface area contributed by atoms with Gasteiger partial charge in [0.1, 0.15) is 16.2 Å². The third-order valence-electron chi connectivity index (χ3n) is 3.00. The molecule has 0 unspecified atom stereocenters. The Kier molecular flexibility index (Phi) is 2.61. The number of nitrogens with two attached hydrogens (primary N) is 1. The standard InChI is InChI=1S/C10H10BrClN4/c11-8-7-9(12)14-4-5-16(7)10(15-8)6-2-1-3-13-6/h4-6,13H,1-3H2/p+1/t6-/m0/s1. The minimum atomic E-state index is 0.442. The number of nitrogens with zero attached hydrogens (tertiary/aromatic N) is 3. The van der Waals surface area contributed by atoms with Crippen molar-refractivity contribution in [1.82, 2.24) is 14.4 Å². The quantitative estimate of drug-likeness (QED) is 0.869. The Bertz CT molecular complexity index is 533. The van der Waals surface area contributed by atoms with Crippen molar-refractivity contribution in [2.75, 3.05) is 6.54 Å². The van der Waals surface area contributed by atoms with E-state index < -0.39 is 0 Å². The molecule has 3 rings (SSSR count). The number of rotatable bonds is 1. The van der Waals surface area contributed by atoms with E-state index in [-0.39, 0.29) is 0 Å². The highest BCUT2D eigenvalue weighted by Crippen LogP contribution is 2.27. The van der Waals surface area contributed by atoms with Gasteiger partial charge in [-0.15, -0.1) is 0 Å². The Morgan fingerprint density at radius 1 is 1.56 bits per heavy atom.